The third kappa shape index (κ3) is 6.30. The fourth-order valence-electron chi connectivity index (χ4n) is 1.93. The van der Waals surface area contributed by atoms with Crippen LogP contribution in [0.2, 0.25) is 0 Å². The minimum Gasteiger partial charge on any atom is -0.447 e. The van der Waals surface area contributed by atoms with E-state index in [0.717, 1.165) is 25.2 Å². The van der Waals surface area contributed by atoms with Crippen LogP contribution in [0.1, 0.15) is 53.4 Å². The summed E-state index contributed by atoms with van der Waals surface area (Å²) in [6.45, 7) is 8.82. The van der Waals surface area contributed by atoms with E-state index in [-0.39, 0.29) is 12.1 Å². The van der Waals surface area contributed by atoms with Gasteiger partial charge in [0, 0.05) is 6.42 Å². The molecule has 1 unspecified atom stereocenters. The van der Waals surface area contributed by atoms with Gasteiger partial charge in [-0.05, 0) is 39.0 Å². The second-order valence-corrected chi connectivity index (χ2v) is 5.40. The normalized spacial score (nSPS) is 20.8. The highest BCUT2D eigenvalue weighted by molar-refractivity contribution is 5.87. The Morgan fingerprint density at radius 3 is 2.47 bits per heavy atom. The van der Waals surface area contributed by atoms with Crippen LogP contribution in [0.4, 0.5) is 0 Å². The smallest absolute Gasteiger partial charge is 0.348 e. The lowest BCUT2D eigenvalue weighted by Gasteiger charge is -2.04. The molecule has 0 bridgehead atoms. The van der Waals surface area contributed by atoms with Crippen molar-refractivity contribution in [2.45, 2.75) is 59.5 Å². The van der Waals surface area contributed by atoms with Gasteiger partial charge in [-0.3, -0.25) is 0 Å². The average Bonchev–Trinajstić information content (AvgIpc) is 2.90. The first-order chi connectivity index (χ1) is 7.99. The van der Waals surface area contributed by atoms with Crippen molar-refractivity contribution in [2.75, 3.05) is 0 Å². The van der Waals surface area contributed by atoms with Crippen molar-refractivity contribution < 1.29 is 9.53 Å². The summed E-state index contributed by atoms with van der Waals surface area (Å²) in [5, 5.41) is 0. The lowest BCUT2D eigenvalue weighted by molar-refractivity contribution is -0.117. The van der Waals surface area contributed by atoms with Crippen molar-refractivity contribution in [3.8, 4) is 0 Å². The topological polar surface area (TPSA) is 29.6 Å². The first-order valence-corrected chi connectivity index (χ1v) is 6.50. The standard InChI is InChI=1S/C15H24O2/c1-11(2)10-13(4)7-5-6-12(3)8-9-14-15(16)17-14/h7-8,11,14H,5-6,9-10H2,1-4H3/b12-8+,13-7+. The molecule has 0 aromatic rings. The highest BCUT2D eigenvalue weighted by Gasteiger charge is 2.36. The lowest BCUT2D eigenvalue weighted by Crippen LogP contribution is -1.88. The fourth-order valence-corrected chi connectivity index (χ4v) is 1.93. The molecule has 2 heteroatoms. The van der Waals surface area contributed by atoms with E-state index in [2.05, 4.69) is 39.8 Å². The zero-order valence-corrected chi connectivity index (χ0v) is 11.5. The van der Waals surface area contributed by atoms with Crippen LogP contribution in [0.15, 0.2) is 23.3 Å². The van der Waals surface area contributed by atoms with Gasteiger partial charge in [0.25, 0.3) is 0 Å². The van der Waals surface area contributed by atoms with E-state index in [4.69, 9.17) is 4.74 Å². The van der Waals surface area contributed by atoms with E-state index in [1.807, 2.05) is 0 Å². The van der Waals surface area contributed by atoms with Crippen molar-refractivity contribution in [1.29, 1.82) is 0 Å². The number of carbonyl (C=O) groups excluding carboxylic acids is 1. The Bertz CT molecular complexity index is 324. The van der Waals surface area contributed by atoms with Crippen LogP contribution < -0.4 is 0 Å². The van der Waals surface area contributed by atoms with Gasteiger partial charge in [-0.1, -0.05) is 37.1 Å². The predicted octanol–water partition coefficient (Wildman–Crippen LogP) is 4.02. The molecule has 0 spiro atoms. The Balaban J connectivity index is 2.18. The van der Waals surface area contributed by atoms with E-state index in [1.54, 1.807) is 0 Å². The summed E-state index contributed by atoms with van der Waals surface area (Å²) in [6, 6.07) is 0. The number of hydrogen-bond donors (Lipinski definition) is 0. The number of hydrogen-bond acceptors (Lipinski definition) is 2. The second-order valence-electron chi connectivity index (χ2n) is 5.40. The third-order valence-electron chi connectivity index (χ3n) is 2.91. The number of rotatable bonds is 7. The highest BCUT2D eigenvalue weighted by Crippen LogP contribution is 2.19. The molecule has 0 radical (unpaired) electrons. The summed E-state index contributed by atoms with van der Waals surface area (Å²) in [5.41, 5.74) is 2.83. The van der Waals surface area contributed by atoms with Crippen molar-refractivity contribution in [2.24, 2.45) is 5.92 Å². The first-order valence-electron chi connectivity index (χ1n) is 6.50. The van der Waals surface area contributed by atoms with Crippen LogP contribution in [-0.4, -0.2) is 12.1 Å². The molecular weight excluding hydrogens is 212 g/mol. The van der Waals surface area contributed by atoms with Crippen LogP contribution in [0.3, 0.4) is 0 Å². The maximum absolute atomic E-state index is 10.6. The molecule has 1 aliphatic rings. The molecule has 1 heterocycles. The van der Waals surface area contributed by atoms with Gasteiger partial charge in [0.2, 0.25) is 6.10 Å². The minimum atomic E-state index is -0.136. The molecule has 0 N–H and O–H groups in total. The zero-order valence-electron chi connectivity index (χ0n) is 11.5. The van der Waals surface area contributed by atoms with Gasteiger partial charge in [-0.15, -0.1) is 0 Å². The lowest BCUT2D eigenvalue weighted by atomic mass is 10.0. The minimum absolute atomic E-state index is 0.0540. The maximum Gasteiger partial charge on any atom is 0.348 e. The molecule has 1 saturated heterocycles. The molecule has 0 aliphatic carbocycles. The number of ether oxygens (including phenoxy) is 1. The van der Waals surface area contributed by atoms with Crippen LogP contribution in [0.25, 0.3) is 0 Å². The zero-order chi connectivity index (χ0) is 12.8. The summed E-state index contributed by atoms with van der Waals surface area (Å²) < 4.78 is 4.76. The van der Waals surface area contributed by atoms with Crippen LogP contribution in [0.5, 0.6) is 0 Å². The average molecular weight is 236 g/mol. The molecule has 0 saturated carbocycles. The van der Waals surface area contributed by atoms with Gasteiger partial charge in [0.1, 0.15) is 0 Å². The Kier molecular flexibility index (Phi) is 5.46. The second kappa shape index (κ2) is 6.63. The van der Waals surface area contributed by atoms with E-state index < -0.39 is 0 Å². The van der Waals surface area contributed by atoms with Crippen LogP contribution in [-0.2, 0) is 9.53 Å². The molecule has 2 nitrogen and oxygen atoms in total. The van der Waals surface area contributed by atoms with E-state index in [1.165, 1.54) is 17.6 Å². The molecule has 0 aromatic carbocycles. The van der Waals surface area contributed by atoms with Crippen molar-refractivity contribution in [3.05, 3.63) is 23.3 Å². The molecule has 1 fully saturated rings. The van der Waals surface area contributed by atoms with Gasteiger partial charge < -0.3 is 4.74 Å². The van der Waals surface area contributed by atoms with Gasteiger partial charge in [-0.2, -0.15) is 0 Å². The Labute approximate surface area is 105 Å². The van der Waals surface area contributed by atoms with E-state index in [0.29, 0.717) is 0 Å². The van der Waals surface area contributed by atoms with Crippen molar-refractivity contribution >= 4 is 5.97 Å². The van der Waals surface area contributed by atoms with Crippen LogP contribution in [0, 0.1) is 5.92 Å². The Hall–Kier alpha value is -1.05. The van der Waals surface area contributed by atoms with Gasteiger partial charge in [-0.25, -0.2) is 4.79 Å². The summed E-state index contributed by atoms with van der Waals surface area (Å²) in [7, 11) is 0. The van der Waals surface area contributed by atoms with Crippen molar-refractivity contribution in [3.63, 3.8) is 0 Å². The van der Waals surface area contributed by atoms with Crippen LogP contribution >= 0.6 is 0 Å². The summed E-state index contributed by atoms with van der Waals surface area (Å²) >= 11 is 0. The first kappa shape index (κ1) is 14.0. The molecular formula is C15H24O2. The van der Waals surface area contributed by atoms with E-state index >= 15 is 0 Å². The SMILES string of the molecule is C/C(=C\CC1OC1=O)CC/C=C(\C)CC(C)C. The molecule has 0 amide bonds. The third-order valence-corrected chi connectivity index (χ3v) is 2.91. The number of cyclic esters (lactones) is 1. The summed E-state index contributed by atoms with van der Waals surface area (Å²) in [5.74, 6) is 0.683. The molecule has 96 valence electrons. The van der Waals surface area contributed by atoms with Gasteiger partial charge in [0.05, 0.1) is 0 Å². The largest absolute Gasteiger partial charge is 0.447 e. The van der Waals surface area contributed by atoms with Gasteiger partial charge >= 0.3 is 5.97 Å². The molecule has 1 atom stereocenters. The highest BCUT2D eigenvalue weighted by atomic mass is 16.6. The van der Waals surface area contributed by atoms with Crippen molar-refractivity contribution in [1.82, 2.24) is 0 Å². The number of epoxide rings is 1. The number of carbonyl (C=O) groups is 1. The molecule has 1 rings (SSSR count). The maximum atomic E-state index is 10.6. The summed E-state index contributed by atoms with van der Waals surface area (Å²) in [6.07, 6.45) is 8.43. The Morgan fingerprint density at radius 1 is 1.29 bits per heavy atom. The molecule has 0 aromatic heterocycles. The van der Waals surface area contributed by atoms with E-state index in [9.17, 15) is 4.79 Å². The monoisotopic (exact) mass is 236 g/mol. The molecule has 1 aliphatic heterocycles. The fraction of sp³-hybridized carbons (Fsp3) is 0.667. The molecule has 17 heavy (non-hydrogen) atoms. The summed E-state index contributed by atoms with van der Waals surface area (Å²) in [4.78, 5) is 10.6. The quantitative estimate of drug-likeness (QED) is 0.493. The van der Waals surface area contributed by atoms with Gasteiger partial charge in [0.15, 0.2) is 0 Å². The predicted molar refractivity (Wildman–Crippen MR) is 70.7 cm³/mol. The number of allylic oxidation sites excluding steroid dienone is 3. The Morgan fingerprint density at radius 2 is 1.94 bits per heavy atom.